The fraction of sp³-hybridized carbons (Fsp3) is 0.636. The zero-order chi connectivity index (χ0) is 12.9. The van der Waals surface area contributed by atoms with Crippen LogP contribution in [0.4, 0.5) is 0 Å². The maximum absolute atomic E-state index is 11.1. The molecule has 0 radical (unpaired) electrons. The van der Waals surface area contributed by atoms with Crippen LogP contribution in [0.1, 0.15) is 12.8 Å². The summed E-state index contributed by atoms with van der Waals surface area (Å²) < 4.78 is 9.84. The summed E-state index contributed by atoms with van der Waals surface area (Å²) in [5.74, 6) is 1.26. The summed E-state index contributed by atoms with van der Waals surface area (Å²) in [6, 6.07) is 0. The van der Waals surface area contributed by atoms with Crippen molar-refractivity contribution in [1.82, 2.24) is 5.32 Å². The second-order valence-electron chi connectivity index (χ2n) is 3.11. The Kier molecular flexibility index (Phi) is 9.91. The topological polar surface area (TPSA) is 84.9 Å². The van der Waals surface area contributed by atoms with Gasteiger partial charge in [0.05, 0.1) is 19.8 Å². The average Bonchev–Trinajstić information content (AvgIpc) is 2.29. The van der Waals surface area contributed by atoms with Crippen LogP contribution in [-0.4, -0.2) is 50.0 Å². The molecule has 0 aliphatic rings. The van der Waals surface area contributed by atoms with Crippen molar-refractivity contribution >= 4 is 11.9 Å². The van der Waals surface area contributed by atoms with Crippen LogP contribution in [0, 0.1) is 12.3 Å². The molecule has 0 aromatic carbocycles. The molecule has 0 bridgehead atoms. The summed E-state index contributed by atoms with van der Waals surface area (Å²) in [6.07, 6.45) is 5.75. The van der Waals surface area contributed by atoms with Gasteiger partial charge in [-0.25, -0.2) is 4.79 Å². The molecule has 0 atom stereocenters. The van der Waals surface area contributed by atoms with Crippen LogP contribution in [-0.2, 0) is 19.1 Å². The molecule has 0 unspecified atom stereocenters. The van der Waals surface area contributed by atoms with Crippen LogP contribution in [0.15, 0.2) is 0 Å². The third-order valence-corrected chi connectivity index (χ3v) is 1.66. The van der Waals surface area contributed by atoms with Gasteiger partial charge >= 0.3 is 5.97 Å². The van der Waals surface area contributed by atoms with E-state index < -0.39 is 5.97 Å². The first-order valence-corrected chi connectivity index (χ1v) is 5.24. The summed E-state index contributed by atoms with van der Waals surface area (Å²) in [4.78, 5) is 21.1. The van der Waals surface area contributed by atoms with Crippen LogP contribution in [0.5, 0.6) is 0 Å². The smallest absolute Gasteiger partial charge is 0.329 e. The number of amides is 1. The lowest BCUT2D eigenvalue weighted by Crippen LogP contribution is -2.27. The number of hydrogen-bond acceptors (Lipinski definition) is 4. The third kappa shape index (κ3) is 12.4. The second kappa shape index (κ2) is 10.9. The fourth-order valence-corrected chi connectivity index (χ4v) is 0.916. The zero-order valence-corrected chi connectivity index (χ0v) is 9.61. The molecular formula is C11H17NO5. The van der Waals surface area contributed by atoms with Gasteiger partial charge in [0.15, 0.2) is 0 Å². The molecule has 0 aromatic rings. The lowest BCUT2D eigenvalue weighted by atomic mass is 10.3. The van der Waals surface area contributed by atoms with Crippen LogP contribution < -0.4 is 5.32 Å². The first kappa shape index (κ1) is 15.4. The predicted molar refractivity (Wildman–Crippen MR) is 60.4 cm³/mol. The van der Waals surface area contributed by atoms with E-state index in [9.17, 15) is 9.59 Å². The van der Waals surface area contributed by atoms with Gasteiger partial charge in [-0.15, -0.1) is 12.3 Å². The van der Waals surface area contributed by atoms with Crippen LogP contribution in [0.3, 0.4) is 0 Å². The van der Waals surface area contributed by atoms with Gasteiger partial charge in [0, 0.05) is 19.4 Å². The van der Waals surface area contributed by atoms with Crippen molar-refractivity contribution in [1.29, 1.82) is 0 Å². The number of carboxylic acids is 1. The molecule has 0 rings (SSSR count). The summed E-state index contributed by atoms with van der Waals surface area (Å²) in [5.41, 5.74) is 0. The van der Waals surface area contributed by atoms with Gasteiger partial charge in [-0.05, 0) is 0 Å². The molecule has 0 aromatic heterocycles. The van der Waals surface area contributed by atoms with Gasteiger partial charge in [0.1, 0.15) is 6.61 Å². The average molecular weight is 243 g/mol. The van der Waals surface area contributed by atoms with E-state index in [4.69, 9.17) is 21.0 Å². The number of aliphatic carboxylic acids is 1. The molecule has 6 nitrogen and oxygen atoms in total. The van der Waals surface area contributed by atoms with E-state index in [2.05, 4.69) is 11.2 Å². The molecule has 96 valence electrons. The summed E-state index contributed by atoms with van der Waals surface area (Å²) in [7, 11) is 0. The molecule has 17 heavy (non-hydrogen) atoms. The first-order chi connectivity index (χ1) is 8.16. The van der Waals surface area contributed by atoms with Gasteiger partial charge in [0.2, 0.25) is 5.91 Å². The van der Waals surface area contributed by atoms with Crippen molar-refractivity contribution < 1.29 is 24.2 Å². The monoisotopic (exact) mass is 243 g/mol. The predicted octanol–water partition coefficient (Wildman–Crippen LogP) is -0.366. The summed E-state index contributed by atoms with van der Waals surface area (Å²) in [5, 5.41) is 10.9. The Morgan fingerprint density at radius 3 is 2.59 bits per heavy atom. The fourth-order valence-electron chi connectivity index (χ4n) is 0.916. The highest BCUT2D eigenvalue weighted by atomic mass is 16.5. The number of hydrogen-bond donors (Lipinski definition) is 2. The maximum Gasteiger partial charge on any atom is 0.329 e. The highest BCUT2D eigenvalue weighted by Crippen LogP contribution is 1.85. The van der Waals surface area contributed by atoms with E-state index in [0.717, 1.165) is 0 Å². The van der Waals surface area contributed by atoms with Crippen molar-refractivity contribution in [2.75, 3.05) is 33.0 Å². The molecule has 0 aliphatic carbocycles. The minimum atomic E-state index is -1.01. The quantitative estimate of drug-likeness (QED) is 0.404. The molecule has 6 heteroatoms. The molecule has 2 N–H and O–H groups in total. The number of carboxylic acid groups (broad SMARTS) is 1. The summed E-state index contributed by atoms with van der Waals surface area (Å²) >= 11 is 0. The molecule has 0 fully saturated rings. The highest BCUT2D eigenvalue weighted by molar-refractivity contribution is 5.76. The molecule has 0 aliphatic heterocycles. The van der Waals surface area contributed by atoms with Gasteiger partial charge in [-0.1, -0.05) is 0 Å². The van der Waals surface area contributed by atoms with Crippen LogP contribution in [0.2, 0.25) is 0 Å². The largest absolute Gasteiger partial charge is 0.480 e. The Hall–Kier alpha value is -1.58. The standard InChI is InChI=1S/C11H17NO5/c1-2-3-4-10(13)12-5-6-16-7-8-17-9-11(14)15/h1H,3-9H2,(H,12,13)(H,14,15). The first-order valence-electron chi connectivity index (χ1n) is 5.24. The molecule has 1 amide bonds. The number of carbonyl (C=O) groups is 2. The van der Waals surface area contributed by atoms with E-state index >= 15 is 0 Å². The maximum atomic E-state index is 11.1. The van der Waals surface area contributed by atoms with Gasteiger partial charge < -0.3 is 19.9 Å². The highest BCUT2D eigenvalue weighted by Gasteiger charge is 1.99. The minimum absolute atomic E-state index is 0.103. The number of carbonyl (C=O) groups excluding carboxylic acids is 1. The van der Waals surface area contributed by atoms with Crippen LogP contribution in [0.25, 0.3) is 0 Å². The van der Waals surface area contributed by atoms with Crippen molar-refractivity contribution in [3.05, 3.63) is 0 Å². The van der Waals surface area contributed by atoms with Crippen molar-refractivity contribution in [3.8, 4) is 12.3 Å². The number of terminal acetylenes is 1. The second-order valence-corrected chi connectivity index (χ2v) is 3.11. The Morgan fingerprint density at radius 1 is 1.24 bits per heavy atom. The van der Waals surface area contributed by atoms with E-state index in [1.165, 1.54) is 0 Å². The van der Waals surface area contributed by atoms with E-state index in [-0.39, 0.29) is 19.1 Å². The molecule has 0 heterocycles. The number of ether oxygens (including phenoxy) is 2. The Morgan fingerprint density at radius 2 is 1.94 bits per heavy atom. The van der Waals surface area contributed by atoms with Gasteiger partial charge in [-0.3, -0.25) is 4.79 Å². The lowest BCUT2D eigenvalue weighted by molar-refractivity contribution is -0.142. The molecule has 0 saturated heterocycles. The van der Waals surface area contributed by atoms with Gasteiger partial charge in [0.25, 0.3) is 0 Å². The molecular weight excluding hydrogens is 226 g/mol. The SMILES string of the molecule is C#CCCC(=O)NCCOCCOCC(=O)O. The number of rotatable bonds is 10. The lowest BCUT2D eigenvalue weighted by Gasteiger charge is -2.05. The number of nitrogens with one attached hydrogen (secondary N) is 1. The zero-order valence-electron chi connectivity index (χ0n) is 9.61. The van der Waals surface area contributed by atoms with Crippen LogP contribution >= 0.6 is 0 Å². The Labute approximate surface area is 100 Å². The Bertz CT molecular complexity index is 272. The van der Waals surface area contributed by atoms with Crippen molar-refractivity contribution in [3.63, 3.8) is 0 Å². The molecule has 0 saturated carbocycles. The minimum Gasteiger partial charge on any atom is -0.480 e. The normalized spacial score (nSPS) is 9.59. The van der Waals surface area contributed by atoms with Gasteiger partial charge in [-0.2, -0.15) is 0 Å². The Balaban J connectivity index is 3.16. The molecule has 0 spiro atoms. The summed E-state index contributed by atoms with van der Waals surface area (Å²) in [6.45, 7) is 0.956. The third-order valence-electron chi connectivity index (χ3n) is 1.66. The van der Waals surface area contributed by atoms with E-state index in [0.29, 0.717) is 32.6 Å². The van der Waals surface area contributed by atoms with Crippen molar-refractivity contribution in [2.45, 2.75) is 12.8 Å². The van der Waals surface area contributed by atoms with Crippen molar-refractivity contribution in [2.24, 2.45) is 0 Å². The van der Waals surface area contributed by atoms with E-state index in [1.54, 1.807) is 0 Å². The van der Waals surface area contributed by atoms with E-state index in [1.807, 2.05) is 0 Å².